The van der Waals surface area contributed by atoms with Crippen LogP contribution >= 0.6 is 0 Å². The molecule has 0 saturated heterocycles. The van der Waals surface area contributed by atoms with Crippen LogP contribution in [0, 0.1) is 0 Å². The molecule has 0 fully saturated rings. The SMILES string of the molecule is CC[Si](CC)(CC)[C@@H](C)c1ccccn1. The molecular formula is C13H23NSi. The van der Waals surface area contributed by atoms with Crippen molar-refractivity contribution in [2.75, 3.05) is 0 Å². The van der Waals surface area contributed by atoms with Crippen molar-refractivity contribution < 1.29 is 0 Å². The minimum atomic E-state index is -1.12. The van der Waals surface area contributed by atoms with E-state index in [4.69, 9.17) is 0 Å². The standard InChI is InChI=1S/C13H23NSi/c1-5-15(6-2,7-3)12(4)13-10-8-9-11-14-13/h8-12H,5-7H2,1-4H3/t12-/m0/s1. The van der Waals surface area contributed by atoms with E-state index in [0.29, 0.717) is 5.54 Å². The fourth-order valence-corrected chi connectivity index (χ4v) is 6.75. The quantitative estimate of drug-likeness (QED) is 0.678. The number of nitrogens with zero attached hydrogens (tertiary/aromatic N) is 1. The molecule has 15 heavy (non-hydrogen) atoms. The molecule has 0 aliphatic carbocycles. The average Bonchev–Trinajstić information content (AvgIpc) is 2.33. The monoisotopic (exact) mass is 221 g/mol. The molecule has 84 valence electrons. The highest BCUT2D eigenvalue weighted by atomic mass is 28.3. The maximum absolute atomic E-state index is 4.52. The summed E-state index contributed by atoms with van der Waals surface area (Å²) in [6, 6.07) is 10.4. The fourth-order valence-electron chi connectivity index (χ4n) is 2.61. The van der Waals surface area contributed by atoms with E-state index in [9.17, 15) is 0 Å². The van der Waals surface area contributed by atoms with Crippen LogP contribution in [0.3, 0.4) is 0 Å². The van der Waals surface area contributed by atoms with Crippen LogP contribution in [-0.4, -0.2) is 13.1 Å². The molecule has 2 heteroatoms. The minimum Gasteiger partial charge on any atom is -0.261 e. The minimum absolute atomic E-state index is 0.693. The predicted octanol–water partition coefficient (Wildman–Crippen LogP) is 4.23. The van der Waals surface area contributed by atoms with Crippen molar-refractivity contribution in [3.05, 3.63) is 30.1 Å². The lowest BCUT2D eigenvalue weighted by Crippen LogP contribution is -2.38. The molecule has 0 aliphatic heterocycles. The van der Waals surface area contributed by atoms with Gasteiger partial charge in [0, 0.05) is 11.9 Å². The Balaban J connectivity index is 2.95. The first-order chi connectivity index (χ1) is 7.20. The molecule has 0 amide bonds. The van der Waals surface area contributed by atoms with Gasteiger partial charge in [-0.3, -0.25) is 4.98 Å². The van der Waals surface area contributed by atoms with E-state index < -0.39 is 8.07 Å². The molecule has 0 radical (unpaired) electrons. The molecule has 1 atom stereocenters. The molecule has 1 aromatic heterocycles. The largest absolute Gasteiger partial charge is 0.261 e. The molecule has 0 unspecified atom stereocenters. The Morgan fingerprint density at radius 2 is 1.73 bits per heavy atom. The molecule has 0 saturated carbocycles. The van der Waals surface area contributed by atoms with Crippen LogP contribution in [0.5, 0.6) is 0 Å². The maximum Gasteiger partial charge on any atom is 0.0621 e. The van der Waals surface area contributed by atoms with Gasteiger partial charge in [-0.05, 0) is 17.7 Å². The van der Waals surface area contributed by atoms with Crippen molar-refractivity contribution in [2.24, 2.45) is 0 Å². The number of hydrogen-bond donors (Lipinski definition) is 0. The van der Waals surface area contributed by atoms with Gasteiger partial charge in [-0.15, -0.1) is 0 Å². The highest BCUT2D eigenvalue weighted by Gasteiger charge is 2.34. The van der Waals surface area contributed by atoms with Gasteiger partial charge in [0.25, 0.3) is 0 Å². The van der Waals surface area contributed by atoms with Crippen LogP contribution in [-0.2, 0) is 0 Å². The van der Waals surface area contributed by atoms with Crippen LogP contribution in [0.25, 0.3) is 0 Å². The molecule has 1 heterocycles. The van der Waals surface area contributed by atoms with Gasteiger partial charge in [0.2, 0.25) is 0 Å². The summed E-state index contributed by atoms with van der Waals surface area (Å²) in [4.78, 5) is 4.52. The number of rotatable bonds is 5. The third kappa shape index (κ3) is 2.48. The molecule has 0 spiro atoms. The summed E-state index contributed by atoms with van der Waals surface area (Å²) in [5.74, 6) is 0. The number of pyridine rings is 1. The summed E-state index contributed by atoms with van der Waals surface area (Å²) in [5, 5.41) is 0. The summed E-state index contributed by atoms with van der Waals surface area (Å²) >= 11 is 0. The van der Waals surface area contributed by atoms with Crippen LogP contribution in [0.4, 0.5) is 0 Å². The van der Waals surface area contributed by atoms with Gasteiger partial charge in [-0.25, -0.2) is 0 Å². The Hall–Kier alpha value is -0.633. The van der Waals surface area contributed by atoms with E-state index in [1.54, 1.807) is 0 Å². The molecule has 0 N–H and O–H groups in total. The van der Waals surface area contributed by atoms with Gasteiger partial charge in [0.15, 0.2) is 0 Å². The molecule has 1 rings (SSSR count). The van der Waals surface area contributed by atoms with Gasteiger partial charge in [0.1, 0.15) is 0 Å². The van der Waals surface area contributed by atoms with E-state index >= 15 is 0 Å². The van der Waals surface area contributed by atoms with Gasteiger partial charge in [-0.1, -0.05) is 51.9 Å². The summed E-state index contributed by atoms with van der Waals surface area (Å²) in [6.45, 7) is 9.46. The molecule has 0 aliphatic rings. The maximum atomic E-state index is 4.52. The second-order valence-corrected chi connectivity index (χ2v) is 10.1. The second kappa shape index (κ2) is 5.45. The zero-order chi connectivity index (χ0) is 11.3. The predicted molar refractivity (Wildman–Crippen MR) is 69.8 cm³/mol. The van der Waals surface area contributed by atoms with Crippen molar-refractivity contribution in [3.8, 4) is 0 Å². The third-order valence-electron chi connectivity index (χ3n) is 4.16. The first-order valence-electron chi connectivity index (χ1n) is 6.11. The molecule has 1 aromatic rings. The van der Waals surface area contributed by atoms with Crippen molar-refractivity contribution in [2.45, 2.75) is 51.4 Å². The first kappa shape index (κ1) is 12.4. The van der Waals surface area contributed by atoms with Crippen LogP contribution < -0.4 is 0 Å². The highest BCUT2D eigenvalue weighted by Crippen LogP contribution is 2.34. The van der Waals surface area contributed by atoms with Crippen molar-refractivity contribution in [3.63, 3.8) is 0 Å². The van der Waals surface area contributed by atoms with Gasteiger partial charge >= 0.3 is 0 Å². The molecule has 1 nitrogen and oxygen atoms in total. The van der Waals surface area contributed by atoms with E-state index in [1.807, 2.05) is 12.3 Å². The Bertz CT molecular complexity index is 272. The van der Waals surface area contributed by atoms with Crippen LogP contribution in [0.2, 0.25) is 18.1 Å². The van der Waals surface area contributed by atoms with Crippen LogP contribution in [0.15, 0.2) is 24.4 Å². The Kier molecular flexibility index (Phi) is 4.52. The zero-order valence-corrected chi connectivity index (χ0v) is 11.5. The van der Waals surface area contributed by atoms with Crippen molar-refractivity contribution >= 4 is 8.07 Å². The summed E-state index contributed by atoms with van der Waals surface area (Å²) in [6.07, 6.45) is 1.92. The third-order valence-corrected chi connectivity index (χ3v) is 10.5. The molecule has 0 aromatic carbocycles. The lowest BCUT2D eigenvalue weighted by molar-refractivity contribution is 0.900. The van der Waals surface area contributed by atoms with Gasteiger partial charge in [-0.2, -0.15) is 0 Å². The molecule has 0 bridgehead atoms. The first-order valence-corrected chi connectivity index (χ1v) is 8.81. The number of hydrogen-bond acceptors (Lipinski definition) is 1. The van der Waals surface area contributed by atoms with Gasteiger partial charge < -0.3 is 0 Å². The van der Waals surface area contributed by atoms with Gasteiger partial charge in [0.05, 0.1) is 8.07 Å². The smallest absolute Gasteiger partial charge is 0.0621 e. The Morgan fingerprint density at radius 3 is 2.13 bits per heavy atom. The van der Waals surface area contributed by atoms with Crippen molar-refractivity contribution in [1.82, 2.24) is 4.98 Å². The van der Waals surface area contributed by atoms with E-state index in [2.05, 4.69) is 44.8 Å². The Labute approximate surface area is 95.0 Å². The zero-order valence-electron chi connectivity index (χ0n) is 10.5. The summed E-state index contributed by atoms with van der Waals surface area (Å²) < 4.78 is 0. The summed E-state index contributed by atoms with van der Waals surface area (Å²) in [7, 11) is -1.12. The summed E-state index contributed by atoms with van der Waals surface area (Å²) in [5.41, 5.74) is 1.99. The van der Waals surface area contributed by atoms with Crippen molar-refractivity contribution in [1.29, 1.82) is 0 Å². The van der Waals surface area contributed by atoms with Crippen LogP contribution in [0.1, 0.15) is 38.9 Å². The number of aromatic nitrogens is 1. The fraction of sp³-hybridized carbons (Fsp3) is 0.615. The Morgan fingerprint density at radius 1 is 1.13 bits per heavy atom. The van der Waals surface area contributed by atoms with E-state index in [0.717, 1.165) is 0 Å². The highest BCUT2D eigenvalue weighted by molar-refractivity contribution is 6.80. The topological polar surface area (TPSA) is 12.9 Å². The lowest BCUT2D eigenvalue weighted by atomic mass is 10.3. The van der Waals surface area contributed by atoms with E-state index in [1.165, 1.54) is 23.8 Å². The average molecular weight is 221 g/mol. The van der Waals surface area contributed by atoms with E-state index in [-0.39, 0.29) is 0 Å². The molecular weight excluding hydrogens is 198 g/mol. The normalized spacial score (nSPS) is 13.9. The lowest BCUT2D eigenvalue weighted by Gasteiger charge is -2.34. The second-order valence-electron chi connectivity index (χ2n) is 4.40.